The van der Waals surface area contributed by atoms with E-state index in [9.17, 15) is 4.79 Å². The van der Waals surface area contributed by atoms with Crippen molar-refractivity contribution in [2.45, 2.75) is 69.9 Å². The number of aromatic nitrogens is 2. The Hall–Kier alpha value is -1.43. The third kappa shape index (κ3) is 3.26. The summed E-state index contributed by atoms with van der Waals surface area (Å²) in [6.07, 6.45) is 9.56. The first kappa shape index (κ1) is 14.5. The van der Waals surface area contributed by atoms with Gasteiger partial charge < -0.3 is 15.6 Å². The molecule has 21 heavy (non-hydrogen) atoms. The van der Waals surface area contributed by atoms with Gasteiger partial charge in [0, 0.05) is 5.92 Å². The molecule has 116 valence electrons. The first-order valence-corrected chi connectivity index (χ1v) is 8.07. The van der Waals surface area contributed by atoms with Crippen LogP contribution in [0.5, 0.6) is 0 Å². The molecule has 2 fully saturated rings. The maximum atomic E-state index is 12.1. The SMILES string of the molecule is NC1(c2noc(CNC(=O)C3CCCCC3)n2)CCCC1. The number of nitrogens with one attached hydrogen (secondary N) is 1. The fraction of sp³-hybridized carbons (Fsp3) is 0.800. The Kier molecular flexibility index (Phi) is 4.24. The number of amides is 1. The quantitative estimate of drug-likeness (QED) is 0.885. The van der Waals surface area contributed by atoms with Gasteiger partial charge in [0.2, 0.25) is 11.8 Å². The third-order valence-electron chi connectivity index (χ3n) is 4.80. The maximum Gasteiger partial charge on any atom is 0.246 e. The highest BCUT2D eigenvalue weighted by Gasteiger charge is 2.36. The predicted molar refractivity (Wildman–Crippen MR) is 77.1 cm³/mol. The van der Waals surface area contributed by atoms with E-state index in [1.165, 1.54) is 6.42 Å². The van der Waals surface area contributed by atoms with Crippen LogP contribution in [0.1, 0.15) is 69.5 Å². The van der Waals surface area contributed by atoms with Gasteiger partial charge in [0.25, 0.3) is 0 Å². The minimum atomic E-state index is -0.435. The molecule has 0 radical (unpaired) electrons. The minimum absolute atomic E-state index is 0.109. The molecule has 0 aliphatic heterocycles. The highest BCUT2D eigenvalue weighted by atomic mass is 16.5. The van der Waals surface area contributed by atoms with Gasteiger partial charge >= 0.3 is 0 Å². The van der Waals surface area contributed by atoms with Crippen molar-refractivity contribution in [3.63, 3.8) is 0 Å². The fourth-order valence-corrected chi connectivity index (χ4v) is 3.43. The lowest BCUT2D eigenvalue weighted by Crippen LogP contribution is -2.34. The molecular weight excluding hydrogens is 268 g/mol. The molecule has 0 saturated heterocycles. The molecule has 0 unspecified atom stereocenters. The number of nitrogens with two attached hydrogens (primary N) is 1. The Morgan fingerprint density at radius 3 is 2.67 bits per heavy atom. The molecule has 0 bridgehead atoms. The normalized spacial score (nSPS) is 22.3. The standard InChI is InChI=1S/C15H24N4O2/c16-15(8-4-5-9-15)14-18-12(21-19-14)10-17-13(20)11-6-2-1-3-7-11/h11H,1-10,16H2,(H,17,20). The van der Waals surface area contributed by atoms with Crippen molar-refractivity contribution >= 4 is 5.91 Å². The lowest BCUT2D eigenvalue weighted by molar-refractivity contribution is -0.126. The summed E-state index contributed by atoms with van der Waals surface area (Å²) >= 11 is 0. The Labute approximate surface area is 124 Å². The number of hydrogen-bond donors (Lipinski definition) is 2. The molecule has 0 atom stereocenters. The average Bonchev–Trinajstić information content (AvgIpc) is 3.15. The zero-order chi connectivity index (χ0) is 14.7. The van der Waals surface area contributed by atoms with Crippen molar-refractivity contribution < 1.29 is 9.32 Å². The summed E-state index contributed by atoms with van der Waals surface area (Å²) < 4.78 is 5.22. The van der Waals surface area contributed by atoms with Crippen molar-refractivity contribution in [1.29, 1.82) is 0 Å². The van der Waals surface area contributed by atoms with E-state index in [4.69, 9.17) is 10.3 Å². The second kappa shape index (κ2) is 6.13. The number of hydrogen-bond acceptors (Lipinski definition) is 5. The first-order chi connectivity index (χ1) is 10.2. The Balaban J connectivity index is 1.54. The molecular formula is C15H24N4O2. The summed E-state index contributed by atoms with van der Waals surface area (Å²) in [6.45, 7) is 0.304. The monoisotopic (exact) mass is 292 g/mol. The largest absolute Gasteiger partial charge is 0.347 e. The zero-order valence-electron chi connectivity index (χ0n) is 12.4. The van der Waals surface area contributed by atoms with Gasteiger partial charge in [0.15, 0.2) is 5.82 Å². The number of nitrogens with zero attached hydrogens (tertiary/aromatic N) is 2. The van der Waals surface area contributed by atoms with Gasteiger partial charge in [-0.25, -0.2) is 0 Å². The lowest BCUT2D eigenvalue weighted by atomic mass is 9.89. The molecule has 0 aromatic carbocycles. The molecule has 1 heterocycles. The van der Waals surface area contributed by atoms with E-state index in [2.05, 4.69) is 15.5 Å². The molecule has 2 aliphatic carbocycles. The highest BCUT2D eigenvalue weighted by molar-refractivity contribution is 5.78. The van der Waals surface area contributed by atoms with Gasteiger partial charge in [-0.05, 0) is 25.7 Å². The molecule has 3 N–H and O–H groups in total. The van der Waals surface area contributed by atoms with Crippen molar-refractivity contribution in [3.8, 4) is 0 Å². The Morgan fingerprint density at radius 2 is 1.95 bits per heavy atom. The van der Waals surface area contributed by atoms with Crippen LogP contribution in [0.4, 0.5) is 0 Å². The molecule has 2 aliphatic rings. The van der Waals surface area contributed by atoms with Crippen molar-refractivity contribution in [3.05, 3.63) is 11.7 Å². The van der Waals surface area contributed by atoms with E-state index in [0.717, 1.165) is 51.4 Å². The molecule has 6 nitrogen and oxygen atoms in total. The predicted octanol–water partition coefficient (Wildman–Crippen LogP) is 1.99. The minimum Gasteiger partial charge on any atom is -0.347 e. The third-order valence-corrected chi connectivity index (χ3v) is 4.80. The van der Waals surface area contributed by atoms with Crippen LogP contribution in [0.3, 0.4) is 0 Å². The fourth-order valence-electron chi connectivity index (χ4n) is 3.43. The van der Waals surface area contributed by atoms with Crippen LogP contribution in [0.2, 0.25) is 0 Å². The molecule has 0 spiro atoms. The zero-order valence-corrected chi connectivity index (χ0v) is 12.4. The molecule has 3 rings (SSSR count). The van der Waals surface area contributed by atoms with Crippen molar-refractivity contribution in [1.82, 2.24) is 15.5 Å². The van der Waals surface area contributed by atoms with Gasteiger partial charge in [-0.15, -0.1) is 0 Å². The Morgan fingerprint density at radius 1 is 1.24 bits per heavy atom. The van der Waals surface area contributed by atoms with Gasteiger partial charge in [0.05, 0.1) is 12.1 Å². The maximum absolute atomic E-state index is 12.1. The molecule has 2 saturated carbocycles. The molecule has 1 aromatic heterocycles. The van der Waals surface area contributed by atoms with Gasteiger partial charge in [-0.1, -0.05) is 37.3 Å². The van der Waals surface area contributed by atoms with E-state index >= 15 is 0 Å². The van der Waals surface area contributed by atoms with Crippen LogP contribution in [0, 0.1) is 5.92 Å². The summed E-state index contributed by atoms with van der Waals surface area (Å²) in [5.41, 5.74) is 5.86. The summed E-state index contributed by atoms with van der Waals surface area (Å²) in [4.78, 5) is 16.4. The first-order valence-electron chi connectivity index (χ1n) is 8.07. The van der Waals surface area contributed by atoms with Crippen LogP contribution in [0.25, 0.3) is 0 Å². The molecule has 6 heteroatoms. The van der Waals surface area contributed by atoms with E-state index in [0.29, 0.717) is 18.3 Å². The van der Waals surface area contributed by atoms with E-state index in [-0.39, 0.29) is 11.8 Å². The topological polar surface area (TPSA) is 94.0 Å². The second-order valence-electron chi connectivity index (χ2n) is 6.43. The lowest BCUT2D eigenvalue weighted by Gasteiger charge is -2.20. The van der Waals surface area contributed by atoms with Crippen LogP contribution in [0.15, 0.2) is 4.52 Å². The molecule has 1 amide bonds. The summed E-state index contributed by atoms with van der Waals surface area (Å²) in [5.74, 6) is 1.29. The Bertz CT molecular complexity index is 488. The van der Waals surface area contributed by atoms with Crippen molar-refractivity contribution in [2.24, 2.45) is 11.7 Å². The molecule has 1 aromatic rings. The van der Waals surface area contributed by atoms with Crippen LogP contribution in [-0.2, 0) is 16.9 Å². The van der Waals surface area contributed by atoms with E-state index < -0.39 is 5.54 Å². The van der Waals surface area contributed by atoms with Gasteiger partial charge in [-0.2, -0.15) is 4.98 Å². The summed E-state index contributed by atoms with van der Waals surface area (Å²) in [7, 11) is 0. The summed E-state index contributed by atoms with van der Waals surface area (Å²) in [5, 5.41) is 6.91. The van der Waals surface area contributed by atoms with Crippen LogP contribution in [-0.4, -0.2) is 16.0 Å². The highest BCUT2D eigenvalue weighted by Crippen LogP contribution is 2.34. The van der Waals surface area contributed by atoms with E-state index in [1.807, 2.05) is 0 Å². The summed E-state index contributed by atoms with van der Waals surface area (Å²) in [6, 6.07) is 0. The number of carbonyl (C=O) groups excluding carboxylic acids is 1. The number of rotatable bonds is 4. The average molecular weight is 292 g/mol. The van der Waals surface area contributed by atoms with Crippen molar-refractivity contribution in [2.75, 3.05) is 0 Å². The van der Waals surface area contributed by atoms with Crippen LogP contribution >= 0.6 is 0 Å². The van der Waals surface area contributed by atoms with E-state index in [1.54, 1.807) is 0 Å². The smallest absolute Gasteiger partial charge is 0.246 e. The van der Waals surface area contributed by atoms with Gasteiger partial charge in [-0.3, -0.25) is 4.79 Å². The van der Waals surface area contributed by atoms with Crippen LogP contribution < -0.4 is 11.1 Å². The second-order valence-corrected chi connectivity index (χ2v) is 6.43. The number of carbonyl (C=O) groups is 1. The van der Waals surface area contributed by atoms with Gasteiger partial charge in [0.1, 0.15) is 0 Å².